The number of anilines is 2. The molecule has 0 spiro atoms. The Kier molecular flexibility index (Phi) is 4.53. The average molecular weight is 402 g/mol. The van der Waals surface area contributed by atoms with Crippen LogP contribution in [0.25, 0.3) is 5.69 Å². The fourth-order valence-corrected chi connectivity index (χ4v) is 4.37. The molecule has 0 bridgehead atoms. The van der Waals surface area contributed by atoms with Gasteiger partial charge in [0.05, 0.1) is 5.69 Å². The summed E-state index contributed by atoms with van der Waals surface area (Å²) in [5, 5.41) is 15.9. The number of thiophene rings is 1. The number of hydrogen-bond acceptors (Lipinski definition) is 6. The molecule has 8 heteroatoms. The van der Waals surface area contributed by atoms with E-state index in [2.05, 4.69) is 62.1 Å². The van der Waals surface area contributed by atoms with Gasteiger partial charge in [0.2, 0.25) is 0 Å². The summed E-state index contributed by atoms with van der Waals surface area (Å²) < 4.78 is 1.49. The molecule has 1 aliphatic rings. The molecule has 1 amide bonds. The second kappa shape index (κ2) is 7.48. The van der Waals surface area contributed by atoms with Crippen molar-refractivity contribution in [3.8, 4) is 5.69 Å². The number of amides is 1. The Balaban J connectivity index is 1.27. The Bertz CT molecular complexity index is 1140. The van der Waals surface area contributed by atoms with Crippen molar-refractivity contribution in [2.24, 2.45) is 0 Å². The van der Waals surface area contributed by atoms with Gasteiger partial charge in [-0.1, -0.05) is 30.3 Å². The second-order valence-corrected chi connectivity index (χ2v) is 7.76. The van der Waals surface area contributed by atoms with Crippen LogP contribution < -0.4 is 10.2 Å². The molecule has 0 radical (unpaired) electrons. The summed E-state index contributed by atoms with van der Waals surface area (Å²) in [7, 11) is 0. The van der Waals surface area contributed by atoms with E-state index in [-0.39, 0.29) is 5.91 Å². The van der Waals surface area contributed by atoms with Crippen LogP contribution in [-0.2, 0) is 13.0 Å². The van der Waals surface area contributed by atoms with Crippen LogP contribution in [0, 0.1) is 0 Å². The van der Waals surface area contributed by atoms with E-state index >= 15 is 0 Å². The molecule has 29 heavy (non-hydrogen) atoms. The summed E-state index contributed by atoms with van der Waals surface area (Å²) in [6.07, 6.45) is 2.57. The SMILES string of the molecule is O=C(Nc1ccc(CN2CCc3ccccc32)cc1)c1sccc1-n1cnnn1. The first-order chi connectivity index (χ1) is 14.3. The van der Waals surface area contributed by atoms with E-state index in [0.717, 1.165) is 25.2 Å². The van der Waals surface area contributed by atoms with Gasteiger partial charge >= 0.3 is 0 Å². The van der Waals surface area contributed by atoms with Gasteiger partial charge < -0.3 is 10.2 Å². The quantitative estimate of drug-likeness (QED) is 0.553. The maximum absolute atomic E-state index is 12.7. The predicted octanol–water partition coefficient (Wildman–Crippen LogP) is 3.54. The number of rotatable bonds is 5. The molecule has 0 saturated heterocycles. The number of carbonyl (C=O) groups excluding carboxylic acids is 1. The van der Waals surface area contributed by atoms with Crippen molar-refractivity contribution in [2.75, 3.05) is 16.8 Å². The summed E-state index contributed by atoms with van der Waals surface area (Å²) in [5.41, 5.74) is 5.37. The molecule has 0 aliphatic carbocycles. The van der Waals surface area contributed by atoms with E-state index in [1.165, 1.54) is 39.2 Å². The van der Waals surface area contributed by atoms with Crippen molar-refractivity contribution in [3.63, 3.8) is 0 Å². The monoisotopic (exact) mass is 402 g/mol. The minimum absolute atomic E-state index is 0.174. The zero-order valence-electron chi connectivity index (χ0n) is 15.5. The highest BCUT2D eigenvalue weighted by Crippen LogP contribution is 2.29. The third kappa shape index (κ3) is 3.50. The van der Waals surface area contributed by atoms with Gasteiger partial charge in [-0.2, -0.15) is 4.68 Å². The van der Waals surface area contributed by atoms with Crippen molar-refractivity contribution in [1.29, 1.82) is 0 Å². The van der Waals surface area contributed by atoms with Crippen LogP contribution in [0.15, 0.2) is 66.3 Å². The van der Waals surface area contributed by atoms with Crippen molar-refractivity contribution in [1.82, 2.24) is 20.2 Å². The zero-order valence-corrected chi connectivity index (χ0v) is 16.3. The molecule has 5 rings (SSSR count). The average Bonchev–Trinajstić information content (AvgIpc) is 3.50. The lowest BCUT2D eigenvalue weighted by molar-refractivity contribution is 0.103. The fourth-order valence-electron chi connectivity index (χ4n) is 3.60. The summed E-state index contributed by atoms with van der Waals surface area (Å²) in [4.78, 5) is 15.7. The third-order valence-electron chi connectivity index (χ3n) is 5.02. The van der Waals surface area contributed by atoms with Gasteiger partial charge in [0.25, 0.3) is 5.91 Å². The molecule has 2 aromatic heterocycles. The third-order valence-corrected chi connectivity index (χ3v) is 5.92. The molecule has 0 unspecified atom stereocenters. The molecule has 0 atom stereocenters. The Morgan fingerprint density at radius 3 is 2.76 bits per heavy atom. The number of hydrogen-bond donors (Lipinski definition) is 1. The van der Waals surface area contributed by atoms with Crippen molar-refractivity contribution in [3.05, 3.63) is 82.3 Å². The van der Waals surface area contributed by atoms with E-state index in [4.69, 9.17) is 0 Å². The molecule has 0 saturated carbocycles. The Morgan fingerprint density at radius 1 is 1.07 bits per heavy atom. The van der Waals surface area contributed by atoms with Crippen LogP contribution in [0.1, 0.15) is 20.8 Å². The molecular formula is C21H18N6OS. The van der Waals surface area contributed by atoms with Crippen LogP contribution in [0.3, 0.4) is 0 Å². The van der Waals surface area contributed by atoms with Crippen molar-refractivity contribution in [2.45, 2.75) is 13.0 Å². The van der Waals surface area contributed by atoms with Crippen LogP contribution in [0.2, 0.25) is 0 Å². The number of tetrazole rings is 1. The van der Waals surface area contributed by atoms with E-state index < -0.39 is 0 Å². The molecule has 4 aromatic rings. The normalized spacial score (nSPS) is 12.8. The number of fused-ring (bicyclic) bond motifs is 1. The van der Waals surface area contributed by atoms with Gasteiger partial charge in [0.1, 0.15) is 11.2 Å². The highest BCUT2D eigenvalue weighted by Gasteiger charge is 2.19. The van der Waals surface area contributed by atoms with E-state index in [9.17, 15) is 4.79 Å². The maximum atomic E-state index is 12.7. The highest BCUT2D eigenvalue weighted by molar-refractivity contribution is 7.12. The highest BCUT2D eigenvalue weighted by atomic mass is 32.1. The van der Waals surface area contributed by atoms with Crippen molar-refractivity contribution < 1.29 is 4.79 Å². The van der Waals surface area contributed by atoms with Crippen LogP contribution in [0.4, 0.5) is 11.4 Å². The van der Waals surface area contributed by atoms with Crippen LogP contribution in [-0.4, -0.2) is 32.7 Å². The number of benzene rings is 2. The standard InChI is InChI=1S/C21H18N6OS/c28-21(20-19(10-12-29-20)27-14-22-24-25-27)23-17-7-5-15(6-8-17)13-26-11-9-16-3-1-2-4-18(16)26/h1-8,10,12,14H,9,11,13H2,(H,23,28). The largest absolute Gasteiger partial charge is 0.367 e. The van der Waals surface area contributed by atoms with Gasteiger partial charge in [0, 0.05) is 24.5 Å². The van der Waals surface area contributed by atoms with Gasteiger partial charge in [-0.05, 0) is 57.6 Å². The molecule has 2 aromatic carbocycles. The Labute approximate surface area is 171 Å². The molecule has 0 fully saturated rings. The lowest BCUT2D eigenvalue weighted by atomic mass is 10.1. The molecule has 1 aliphatic heterocycles. The summed E-state index contributed by atoms with van der Waals surface area (Å²) >= 11 is 1.36. The number of aromatic nitrogens is 4. The smallest absolute Gasteiger partial charge is 0.267 e. The van der Waals surface area contributed by atoms with Crippen molar-refractivity contribution >= 4 is 28.6 Å². The van der Waals surface area contributed by atoms with E-state index in [0.29, 0.717) is 10.6 Å². The fraction of sp³-hybridized carbons (Fsp3) is 0.143. The zero-order chi connectivity index (χ0) is 19.6. The van der Waals surface area contributed by atoms with Crippen LogP contribution >= 0.6 is 11.3 Å². The molecule has 7 nitrogen and oxygen atoms in total. The second-order valence-electron chi connectivity index (χ2n) is 6.84. The summed E-state index contributed by atoms with van der Waals surface area (Å²) in [6.45, 7) is 1.90. The van der Waals surface area contributed by atoms with E-state index in [1.54, 1.807) is 0 Å². The molecule has 144 valence electrons. The minimum Gasteiger partial charge on any atom is -0.367 e. The lowest BCUT2D eigenvalue weighted by Gasteiger charge is -2.19. The Hall–Kier alpha value is -3.52. The first-order valence-electron chi connectivity index (χ1n) is 9.32. The van der Waals surface area contributed by atoms with E-state index in [1.807, 2.05) is 23.6 Å². The number of nitrogens with zero attached hydrogens (tertiary/aromatic N) is 5. The van der Waals surface area contributed by atoms with Gasteiger partial charge in [0.15, 0.2) is 0 Å². The summed E-state index contributed by atoms with van der Waals surface area (Å²) in [6, 6.07) is 18.4. The van der Waals surface area contributed by atoms with Gasteiger partial charge in [-0.25, -0.2) is 0 Å². The predicted molar refractivity (Wildman–Crippen MR) is 113 cm³/mol. The first kappa shape index (κ1) is 17.6. The van der Waals surface area contributed by atoms with Crippen LogP contribution in [0.5, 0.6) is 0 Å². The number of nitrogens with one attached hydrogen (secondary N) is 1. The minimum atomic E-state index is -0.174. The maximum Gasteiger partial charge on any atom is 0.267 e. The molecule has 1 N–H and O–H groups in total. The topological polar surface area (TPSA) is 75.9 Å². The molecular weight excluding hydrogens is 384 g/mol. The lowest BCUT2D eigenvalue weighted by Crippen LogP contribution is -2.19. The molecule has 3 heterocycles. The summed E-state index contributed by atoms with van der Waals surface area (Å²) in [5.74, 6) is -0.174. The number of carbonyl (C=O) groups is 1. The number of para-hydroxylation sites is 1. The van der Waals surface area contributed by atoms with Gasteiger partial charge in [-0.3, -0.25) is 4.79 Å². The Morgan fingerprint density at radius 2 is 1.93 bits per heavy atom. The van der Waals surface area contributed by atoms with Gasteiger partial charge in [-0.15, -0.1) is 16.4 Å². The first-order valence-corrected chi connectivity index (χ1v) is 10.2.